The third kappa shape index (κ3) is 3.31. The van der Waals surface area contributed by atoms with Crippen LogP contribution in [0.15, 0.2) is 18.2 Å². The Morgan fingerprint density at radius 1 is 1.23 bits per heavy atom. The highest BCUT2D eigenvalue weighted by molar-refractivity contribution is 7.88. The average Bonchev–Trinajstić information content (AvgIpc) is 3.01. The zero-order valence-electron chi connectivity index (χ0n) is 15.1. The van der Waals surface area contributed by atoms with Crippen LogP contribution in [0.5, 0.6) is 11.5 Å². The number of nitrogens with zero attached hydrogens (tertiary/aromatic N) is 2. The molecule has 1 N–H and O–H groups in total. The highest BCUT2D eigenvalue weighted by Crippen LogP contribution is 2.43. The second-order valence-corrected chi connectivity index (χ2v) is 9.72. The summed E-state index contributed by atoms with van der Waals surface area (Å²) >= 11 is 0. The zero-order valence-corrected chi connectivity index (χ0v) is 15.9. The van der Waals surface area contributed by atoms with Crippen LogP contribution in [0.1, 0.15) is 12.0 Å². The van der Waals surface area contributed by atoms with Crippen molar-refractivity contribution in [1.82, 2.24) is 9.21 Å². The van der Waals surface area contributed by atoms with Crippen molar-refractivity contribution in [2.24, 2.45) is 11.3 Å². The van der Waals surface area contributed by atoms with Gasteiger partial charge in [0, 0.05) is 31.6 Å². The molecule has 0 aromatic heterocycles. The van der Waals surface area contributed by atoms with Gasteiger partial charge in [0.05, 0.1) is 12.9 Å². The summed E-state index contributed by atoms with van der Waals surface area (Å²) < 4.78 is 36.7. The molecule has 2 saturated heterocycles. The maximum Gasteiger partial charge on any atom is 0.211 e. The number of aliphatic hydroxyl groups is 1. The Balaban J connectivity index is 1.46. The topological polar surface area (TPSA) is 79.3 Å². The first-order valence-electron chi connectivity index (χ1n) is 9.06. The van der Waals surface area contributed by atoms with Gasteiger partial charge in [0.25, 0.3) is 0 Å². The van der Waals surface area contributed by atoms with Crippen molar-refractivity contribution < 1.29 is 23.0 Å². The van der Waals surface area contributed by atoms with Crippen LogP contribution in [0.25, 0.3) is 0 Å². The quantitative estimate of drug-likeness (QED) is 0.819. The highest BCUT2D eigenvalue weighted by Gasteiger charge is 2.51. The SMILES string of the molecule is CS(=O)(=O)N1C[C@H]2CN(Cc3ccc4c(c3)OCCO4)CC[C@@]2(CO)C1. The van der Waals surface area contributed by atoms with Gasteiger partial charge in [-0.15, -0.1) is 0 Å². The van der Waals surface area contributed by atoms with Gasteiger partial charge in [-0.1, -0.05) is 6.07 Å². The molecule has 0 spiro atoms. The Hall–Kier alpha value is -1.35. The predicted molar refractivity (Wildman–Crippen MR) is 96.8 cm³/mol. The number of sulfonamides is 1. The summed E-state index contributed by atoms with van der Waals surface area (Å²) in [5.74, 6) is 1.74. The second-order valence-electron chi connectivity index (χ2n) is 7.74. The monoisotopic (exact) mass is 382 g/mol. The lowest BCUT2D eigenvalue weighted by Crippen LogP contribution is -2.48. The lowest BCUT2D eigenvalue weighted by atomic mass is 9.73. The zero-order chi connectivity index (χ0) is 18.4. The number of fused-ring (bicyclic) bond motifs is 2. The molecule has 4 rings (SSSR count). The minimum absolute atomic E-state index is 0.0432. The van der Waals surface area contributed by atoms with Crippen LogP contribution in [0, 0.1) is 11.3 Å². The molecule has 0 amide bonds. The van der Waals surface area contributed by atoms with Crippen LogP contribution in [0.2, 0.25) is 0 Å². The number of rotatable bonds is 4. The van der Waals surface area contributed by atoms with Gasteiger partial charge < -0.3 is 14.6 Å². The molecule has 3 heterocycles. The van der Waals surface area contributed by atoms with Gasteiger partial charge in [-0.2, -0.15) is 0 Å². The molecule has 0 saturated carbocycles. The fourth-order valence-corrected chi connectivity index (χ4v) is 5.34. The number of likely N-dealkylation sites (tertiary alicyclic amines) is 1. The summed E-state index contributed by atoms with van der Waals surface area (Å²) in [5.41, 5.74) is 0.857. The van der Waals surface area contributed by atoms with Crippen molar-refractivity contribution in [1.29, 1.82) is 0 Å². The van der Waals surface area contributed by atoms with Crippen LogP contribution >= 0.6 is 0 Å². The highest BCUT2D eigenvalue weighted by atomic mass is 32.2. The average molecular weight is 382 g/mol. The molecule has 3 aliphatic rings. The summed E-state index contributed by atoms with van der Waals surface area (Å²) in [6.45, 7) is 4.56. The van der Waals surface area contributed by atoms with E-state index in [1.807, 2.05) is 12.1 Å². The maximum atomic E-state index is 11.9. The van der Waals surface area contributed by atoms with Crippen LogP contribution in [-0.4, -0.2) is 75.0 Å². The maximum absolute atomic E-state index is 11.9. The van der Waals surface area contributed by atoms with Crippen LogP contribution < -0.4 is 9.47 Å². The van der Waals surface area contributed by atoms with E-state index < -0.39 is 10.0 Å². The Labute approximate surface area is 154 Å². The lowest BCUT2D eigenvalue weighted by molar-refractivity contribution is 0.0170. The Morgan fingerprint density at radius 3 is 2.73 bits per heavy atom. The normalized spacial score (nSPS) is 29.5. The summed E-state index contributed by atoms with van der Waals surface area (Å²) in [4.78, 5) is 2.34. The summed E-state index contributed by atoms with van der Waals surface area (Å²) in [6.07, 6.45) is 2.06. The minimum Gasteiger partial charge on any atom is -0.486 e. The molecule has 2 atom stereocenters. The predicted octanol–water partition coefficient (Wildman–Crippen LogP) is 0.534. The van der Waals surface area contributed by atoms with Crippen molar-refractivity contribution in [3.05, 3.63) is 23.8 Å². The molecule has 0 aliphatic carbocycles. The molecule has 1 aromatic rings. The number of benzene rings is 1. The number of hydrogen-bond acceptors (Lipinski definition) is 6. The molecule has 3 aliphatic heterocycles. The van der Waals surface area contributed by atoms with E-state index >= 15 is 0 Å². The first-order valence-corrected chi connectivity index (χ1v) is 10.9. The van der Waals surface area contributed by atoms with Crippen LogP contribution in [0.4, 0.5) is 0 Å². The molecule has 0 radical (unpaired) electrons. The molecule has 1 aromatic carbocycles. The number of aliphatic hydroxyl groups excluding tert-OH is 1. The van der Waals surface area contributed by atoms with E-state index in [1.165, 1.54) is 10.6 Å². The smallest absolute Gasteiger partial charge is 0.211 e. The van der Waals surface area contributed by atoms with E-state index in [4.69, 9.17) is 9.47 Å². The standard InChI is InChI=1S/C18H26N2O5S/c1-26(22,23)20-11-15-10-19(5-4-18(15,12-20)13-21)9-14-2-3-16-17(8-14)25-7-6-24-16/h2-3,8,15,21H,4-7,9-13H2,1H3/t15-,18+/m1/s1. The summed E-state index contributed by atoms with van der Waals surface area (Å²) in [6, 6.07) is 6.03. The molecule has 26 heavy (non-hydrogen) atoms. The molecular weight excluding hydrogens is 356 g/mol. The fourth-order valence-electron chi connectivity index (χ4n) is 4.40. The van der Waals surface area contributed by atoms with Crippen LogP contribution in [-0.2, 0) is 16.6 Å². The molecule has 0 unspecified atom stereocenters. The van der Waals surface area contributed by atoms with Crippen molar-refractivity contribution in [3.8, 4) is 11.5 Å². The molecule has 8 heteroatoms. The van der Waals surface area contributed by atoms with Crippen molar-refractivity contribution in [3.63, 3.8) is 0 Å². The molecule has 144 valence electrons. The Morgan fingerprint density at radius 2 is 2.00 bits per heavy atom. The van der Waals surface area contributed by atoms with Gasteiger partial charge in [0.15, 0.2) is 11.5 Å². The number of ether oxygens (including phenoxy) is 2. The number of hydrogen-bond donors (Lipinski definition) is 1. The Bertz CT molecular complexity index is 784. The molecular formula is C18H26N2O5S. The van der Waals surface area contributed by atoms with Gasteiger partial charge >= 0.3 is 0 Å². The van der Waals surface area contributed by atoms with Gasteiger partial charge in [0.1, 0.15) is 13.2 Å². The van der Waals surface area contributed by atoms with Gasteiger partial charge in [0.2, 0.25) is 10.0 Å². The second kappa shape index (κ2) is 6.67. The Kier molecular flexibility index (Phi) is 4.63. The van der Waals surface area contributed by atoms with Crippen molar-refractivity contribution in [2.75, 3.05) is 52.3 Å². The van der Waals surface area contributed by atoms with Gasteiger partial charge in [-0.3, -0.25) is 4.90 Å². The first-order chi connectivity index (χ1) is 12.4. The molecule has 0 bridgehead atoms. The van der Waals surface area contributed by atoms with E-state index in [9.17, 15) is 13.5 Å². The molecule has 7 nitrogen and oxygen atoms in total. The third-order valence-corrected chi connectivity index (χ3v) is 7.20. The third-order valence-electron chi connectivity index (χ3n) is 5.98. The minimum atomic E-state index is -3.22. The van der Waals surface area contributed by atoms with Crippen molar-refractivity contribution >= 4 is 10.0 Å². The molecule has 2 fully saturated rings. The van der Waals surface area contributed by atoms with Gasteiger partial charge in [-0.25, -0.2) is 12.7 Å². The van der Waals surface area contributed by atoms with E-state index in [2.05, 4.69) is 11.0 Å². The van der Waals surface area contributed by atoms with E-state index in [0.717, 1.165) is 43.1 Å². The number of piperidine rings is 1. The van der Waals surface area contributed by atoms with E-state index in [1.54, 1.807) is 0 Å². The van der Waals surface area contributed by atoms with Crippen molar-refractivity contribution in [2.45, 2.75) is 13.0 Å². The summed E-state index contributed by atoms with van der Waals surface area (Å²) in [5, 5.41) is 9.97. The fraction of sp³-hybridized carbons (Fsp3) is 0.667. The van der Waals surface area contributed by atoms with E-state index in [0.29, 0.717) is 26.3 Å². The largest absolute Gasteiger partial charge is 0.486 e. The lowest BCUT2D eigenvalue weighted by Gasteiger charge is -2.42. The van der Waals surface area contributed by atoms with Crippen LogP contribution in [0.3, 0.4) is 0 Å². The van der Waals surface area contributed by atoms with Gasteiger partial charge in [-0.05, 0) is 36.6 Å². The summed E-state index contributed by atoms with van der Waals surface area (Å²) in [7, 11) is -3.22. The first kappa shape index (κ1) is 18.0. The van der Waals surface area contributed by atoms with E-state index in [-0.39, 0.29) is 17.9 Å².